The van der Waals surface area contributed by atoms with Crippen LogP contribution in [0.25, 0.3) is 0 Å². The Morgan fingerprint density at radius 2 is 2.00 bits per heavy atom. The molecule has 2 nitrogen and oxygen atoms in total. The third kappa shape index (κ3) is 3.28. The van der Waals surface area contributed by atoms with E-state index in [0.717, 1.165) is 13.0 Å². The fraction of sp³-hybridized carbons (Fsp3) is 1.00. The van der Waals surface area contributed by atoms with E-state index in [1.807, 2.05) is 7.05 Å². The second-order valence-electron chi connectivity index (χ2n) is 4.36. The number of rotatable bonds is 5. The van der Waals surface area contributed by atoms with Gasteiger partial charge in [-0.1, -0.05) is 19.8 Å². The van der Waals surface area contributed by atoms with Crippen LogP contribution in [0.4, 0.5) is 0 Å². The molecule has 78 valence electrons. The first-order valence-corrected chi connectivity index (χ1v) is 5.52. The van der Waals surface area contributed by atoms with Crippen molar-refractivity contribution in [2.75, 3.05) is 13.6 Å². The van der Waals surface area contributed by atoms with E-state index in [4.69, 9.17) is 4.74 Å². The minimum Gasteiger partial charge on any atom is -0.371 e. The summed E-state index contributed by atoms with van der Waals surface area (Å²) in [5, 5.41) is 3.21. The number of ether oxygens (including phenoxy) is 1. The molecule has 1 unspecified atom stereocenters. The molecule has 0 radical (unpaired) electrons. The Hall–Kier alpha value is -0.0800. The standard InChI is InChI=1S/C11H23NO/c1-4-11(2,9-12-3)13-10-7-5-6-8-10/h10,12H,4-9H2,1-3H3. The Labute approximate surface area is 82.0 Å². The summed E-state index contributed by atoms with van der Waals surface area (Å²) in [6, 6.07) is 0. The molecule has 1 N–H and O–H groups in total. The number of hydrogen-bond donors (Lipinski definition) is 1. The van der Waals surface area contributed by atoms with E-state index in [1.165, 1.54) is 25.7 Å². The minimum absolute atomic E-state index is 0.0454. The predicted molar refractivity (Wildman–Crippen MR) is 56.0 cm³/mol. The largest absolute Gasteiger partial charge is 0.371 e. The number of hydrogen-bond acceptors (Lipinski definition) is 2. The van der Waals surface area contributed by atoms with Crippen molar-refractivity contribution in [3.8, 4) is 0 Å². The average molecular weight is 185 g/mol. The van der Waals surface area contributed by atoms with E-state index in [0.29, 0.717) is 6.10 Å². The van der Waals surface area contributed by atoms with Crippen LogP contribution in [-0.4, -0.2) is 25.3 Å². The zero-order chi connectivity index (χ0) is 9.73. The highest BCUT2D eigenvalue weighted by molar-refractivity contribution is 4.79. The van der Waals surface area contributed by atoms with E-state index in [1.54, 1.807) is 0 Å². The third-order valence-corrected chi connectivity index (χ3v) is 3.05. The molecule has 0 aromatic rings. The highest BCUT2D eigenvalue weighted by Crippen LogP contribution is 2.27. The number of likely N-dealkylation sites (N-methyl/N-ethyl adjacent to an activating group) is 1. The van der Waals surface area contributed by atoms with Gasteiger partial charge >= 0.3 is 0 Å². The maximum absolute atomic E-state index is 6.13. The van der Waals surface area contributed by atoms with Crippen molar-refractivity contribution in [3.63, 3.8) is 0 Å². The molecule has 1 aliphatic rings. The van der Waals surface area contributed by atoms with Crippen molar-refractivity contribution in [2.45, 2.75) is 57.7 Å². The van der Waals surface area contributed by atoms with Gasteiger partial charge in [-0.05, 0) is 33.2 Å². The van der Waals surface area contributed by atoms with Crippen molar-refractivity contribution in [1.29, 1.82) is 0 Å². The van der Waals surface area contributed by atoms with Crippen molar-refractivity contribution >= 4 is 0 Å². The van der Waals surface area contributed by atoms with Gasteiger partial charge in [0, 0.05) is 6.54 Å². The van der Waals surface area contributed by atoms with Crippen molar-refractivity contribution in [3.05, 3.63) is 0 Å². The van der Waals surface area contributed by atoms with Gasteiger partial charge in [-0.3, -0.25) is 0 Å². The molecule has 0 aromatic heterocycles. The van der Waals surface area contributed by atoms with Crippen LogP contribution < -0.4 is 5.32 Å². The van der Waals surface area contributed by atoms with Crippen LogP contribution in [0.15, 0.2) is 0 Å². The van der Waals surface area contributed by atoms with Gasteiger partial charge in [0.05, 0.1) is 11.7 Å². The fourth-order valence-corrected chi connectivity index (χ4v) is 2.03. The van der Waals surface area contributed by atoms with Gasteiger partial charge in [0.1, 0.15) is 0 Å². The molecule has 0 heterocycles. The van der Waals surface area contributed by atoms with Gasteiger partial charge in [-0.15, -0.1) is 0 Å². The molecule has 0 spiro atoms. The molecule has 1 saturated carbocycles. The van der Waals surface area contributed by atoms with Crippen LogP contribution >= 0.6 is 0 Å². The van der Waals surface area contributed by atoms with Crippen LogP contribution in [0, 0.1) is 0 Å². The van der Waals surface area contributed by atoms with Crippen LogP contribution in [0.1, 0.15) is 46.0 Å². The maximum atomic E-state index is 6.13. The smallest absolute Gasteiger partial charge is 0.0779 e. The van der Waals surface area contributed by atoms with Crippen LogP contribution in [0.2, 0.25) is 0 Å². The van der Waals surface area contributed by atoms with Crippen LogP contribution in [0.3, 0.4) is 0 Å². The molecule has 1 fully saturated rings. The molecule has 1 atom stereocenters. The van der Waals surface area contributed by atoms with Gasteiger partial charge in [0.25, 0.3) is 0 Å². The molecule has 0 saturated heterocycles. The third-order valence-electron chi connectivity index (χ3n) is 3.05. The van der Waals surface area contributed by atoms with E-state index in [-0.39, 0.29) is 5.60 Å². The molecule has 0 aliphatic heterocycles. The molecule has 0 aromatic carbocycles. The summed E-state index contributed by atoms with van der Waals surface area (Å²) in [4.78, 5) is 0. The molecule has 0 bridgehead atoms. The highest BCUT2D eigenvalue weighted by atomic mass is 16.5. The molecular weight excluding hydrogens is 162 g/mol. The van der Waals surface area contributed by atoms with Gasteiger partial charge in [0.15, 0.2) is 0 Å². The minimum atomic E-state index is 0.0454. The quantitative estimate of drug-likeness (QED) is 0.710. The molecule has 13 heavy (non-hydrogen) atoms. The summed E-state index contributed by atoms with van der Waals surface area (Å²) < 4.78 is 6.13. The lowest BCUT2D eigenvalue weighted by Crippen LogP contribution is -2.41. The fourth-order valence-electron chi connectivity index (χ4n) is 2.03. The Kier molecular flexibility index (Phi) is 4.20. The maximum Gasteiger partial charge on any atom is 0.0779 e. The summed E-state index contributed by atoms with van der Waals surface area (Å²) in [5.74, 6) is 0. The molecular formula is C11H23NO. The summed E-state index contributed by atoms with van der Waals surface area (Å²) in [5.41, 5.74) is 0.0454. The Balaban J connectivity index is 2.36. The van der Waals surface area contributed by atoms with Crippen LogP contribution in [-0.2, 0) is 4.74 Å². The number of nitrogens with one attached hydrogen (secondary N) is 1. The average Bonchev–Trinajstić information content (AvgIpc) is 2.57. The van der Waals surface area contributed by atoms with E-state index in [2.05, 4.69) is 19.2 Å². The normalized spacial score (nSPS) is 23.3. The lowest BCUT2D eigenvalue weighted by Gasteiger charge is -2.31. The Morgan fingerprint density at radius 1 is 1.38 bits per heavy atom. The van der Waals surface area contributed by atoms with E-state index < -0.39 is 0 Å². The molecule has 0 amide bonds. The molecule has 1 rings (SSSR count). The van der Waals surface area contributed by atoms with Gasteiger partial charge in [-0.2, -0.15) is 0 Å². The van der Waals surface area contributed by atoms with E-state index in [9.17, 15) is 0 Å². The van der Waals surface area contributed by atoms with E-state index >= 15 is 0 Å². The highest BCUT2D eigenvalue weighted by Gasteiger charge is 2.27. The van der Waals surface area contributed by atoms with Crippen molar-refractivity contribution < 1.29 is 4.74 Å². The first kappa shape index (κ1) is 11.0. The van der Waals surface area contributed by atoms with Crippen LogP contribution in [0.5, 0.6) is 0 Å². The predicted octanol–water partition coefficient (Wildman–Crippen LogP) is 2.33. The first-order chi connectivity index (χ1) is 6.20. The molecule has 1 aliphatic carbocycles. The summed E-state index contributed by atoms with van der Waals surface area (Å²) in [6.45, 7) is 5.37. The summed E-state index contributed by atoms with van der Waals surface area (Å²) >= 11 is 0. The Bertz CT molecular complexity index is 143. The first-order valence-electron chi connectivity index (χ1n) is 5.52. The second-order valence-corrected chi connectivity index (χ2v) is 4.36. The topological polar surface area (TPSA) is 21.3 Å². The monoisotopic (exact) mass is 185 g/mol. The second kappa shape index (κ2) is 4.97. The Morgan fingerprint density at radius 3 is 2.46 bits per heavy atom. The van der Waals surface area contributed by atoms with Gasteiger partial charge in [0.2, 0.25) is 0 Å². The van der Waals surface area contributed by atoms with Crippen molar-refractivity contribution in [1.82, 2.24) is 5.32 Å². The molecule has 2 heteroatoms. The van der Waals surface area contributed by atoms with Crippen molar-refractivity contribution in [2.24, 2.45) is 0 Å². The zero-order valence-electron chi connectivity index (χ0n) is 9.23. The zero-order valence-corrected chi connectivity index (χ0v) is 9.23. The van der Waals surface area contributed by atoms with Gasteiger partial charge < -0.3 is 10.1 Å². The van der Waals surface area contributed by atoms with Gasteiger partial charge in [-0.25, -0.2) is 0 Å². The lowest BCUT2D eigenvalue weighted by molar-refractivity contribution is -0.0793. The lowest BCUT2D eigenvalue weighted by atomic mass is 10.0. The summed E-state index contributed by atoms with van der Waals surface area (Å²) in [6.07, 6.45) is 6.84. The summed E-state index contributed by atoms with van der Waals surface area (Å²) in [7, 11) is 1.99. The SMILES string of the molecule is CCC(C)(CNC)OC1CCCC1.